The van der Waals surface area contributed by atoms with Crippen LogP contribution in [0.25, 0.3) is 21.8 Å². The van der Waals surface area contributed by atoms with Crippen molar-refractivity contribution in [3.8, 4) is 0 Å². The number of aromatic amines is 1. The number of carbonyl (C=O) groups is 2. The second kappa shape index (κ2) is 8.51. The van der Waals surface area contributed by atoms with E-state index in [1.807, 2.05) is 22.9 Å². The molecule has 0 radical (unpaired) electrons. The van der Waals surface area contributed by atoms with Gasteiger partial charge in [-0.1, -0.05) is 0 Å². The van der Waals surface area contributed by atoms with E-state index in [9.17, 15) is 18.8 Å². The summed E-state index contributed by atoms with van der Waals surface area (Å²) in [6.07, 6.45) is 1.83. The Balaban J connectivity index is 1.38. The number of pyridine rings is 1. The van der Waals surface area contributed by atoms with Crippen molar-refractivity contribution in [2.75, 3.05) is 31.6 Å². The lowest BCUT2D eigenvalue weighted by Gasteiger charge is -2.27. The third-order valence-corrected chi connectivity index (χ3v) is 5.75. The highest BCUT2D eigenvalue weighted by molar-refractivity contribution is 6.12. The van der Waals surface area contributed by atoms with Gasteiger partial charge in [-0.25, -0.2) is 4.39 Å². The van der Waals surface area contributed by atoms with E-state index in [0.29, 0.717) is 42.9 Å². The van der Waals surface area contributed by atoms with Crippen LogP contribution in [0.5, 0.6) is 0 Å². The molecule has 168 valence electrons. The molecule has 1 aliphatic heterocycles. The molecular formula is C24H21FN4O4. The fraction of sp³-hybridized carbons (Fsp3) is 0.208. The third kappa shape index (κ3) is 4.22. The summed E-state index contributed by atoms with van der Waals surface area (Å²) in [6, 6.07) is 12.2. The lowest BCUT2D eigenvalue weighted by atomic mass is 10.1. The van der Waals surface area contributed by atoms with Gasteiger partial charge in [0.25, 0.3) is 5.91 Å². The zero-order valence-corrected chi connectivity index (χ0v) is 17.6. The molecule has 2 amide bonds. The third-order valence-electron chi connectivity index (χ3n) is 5.75. The van der Waals surface area contributed by atoms with Crippen molar-refractivity contribution in [3.05, 3.63) is 76.5 Å². The fourth-order valence-electron chi connectivity index (χ4n) is 4.09. The monoisotopic (exact) mass is 448 g/mol. The molecule has 5 rings (SSSR count). The van der Waals surface area contributed by atoms with Gasteiger partial charge in [0.05, 0.1) is 18.8 Å². The summed E-state index contributed by atoms with van der Waals surface area (Å²) in [6.45, 7) is 2.51. The minimum Gasteiger partial charge on any atom is -0.378 e. The van der Waals surface area contributed by atoms with E-state index in [1.54, 1.807) is 17.0 Å². The number of amides is 2. The molecule has 0 unspecified atom stereocenters. The summed E-state index contributed by atoms with van der Waals surface area (Å²) in [5.41, 5.74) is 1.40. The Kier molecular flexibility index (Phi) is 5.39. The zero-order chi connectivity index (χ0) is 22.9. The largest absolute Gasteiger partial charge is 0.378 e. The van der Waals surface area contributed by atoms with Crippen LogP contribution < -0.4 is 10.9 Å². The van der Waals surface area contributed by atoms with Crippen LogP contribution in [0.3, 0.4) is 0 Å². The normalized spacial score (nSPS) is 14.0. The summed E-state index contributed by atoms with van der Waals surface area (Å²) in [7, 11) is 0. The van der Waals surface area contributed by atoms with Crippen molar-refractivity contribution in [1.29, 1.82) is 0 Å². The molecule has 3 heterocycles. The lowest BCUT2D eigenvalue weighted by molar-refractivity contribution is -0.135. The number of benzene rings is 2. The van der Waals surface area contributed by atoms with Gasteiger partial charge < -0.3 is 24.5 Å². The number of hydrogen-bond acceptors (Lipinski definition) is 4. The first kappa shape index (κ1) is 20.9. The number of ether oxygens (including phenoxy) is 1. The van der Waals surface area contributed by atoms with Gasteiger partial charge in [0.15, 0.2) is 0 Å². The van der Waals surface area contributed by atoms with E-state index in [1.165, 1.54) is 18.2 Å². The van der Waals surface area contributed by atoms with Gasteiger partial charge in [-0.3, -0.25) is 14.4 Å². The zero-order valence-electron chi connectivity index (χ0n) is 17.6. The highest BCUT2D eigenvalue weighted by atomic mass is 19.1. The Labute approximate surface area is 187 Å². The Bertz CT molecular complexity index is 1440. The SMILES string of the molecule is O=C(Nc1ccc2c(ccn2CC(=O)N2CCOCC2)c1)c1cc(=O)[nH]c2ccc(F)cc12. The number of H-pyrrole nitrogens is 1. The van der Waals surface area contributed by atoms with Gasteiger partial charge in [-0.05, 0) is 42.5 Å². The number of fused-ring (bicyclic) bond motifs is 2. The molecule has 33 heavy (non-hydrogen) atoms. The van der Waals surface area contributed by atoms with Crippen LogP contribution >= 0.6 is 0 Å². The number of morpholine rings is 1. The summed E-state index contributed by atoms with van der Waals surface area (Å²) in [5, 5.41) is 3.95. The molecular weight excluding hydrogens is 427 g/mol. The van der Waals surface area contributed by atoms with Crippen LogP contribution in [0.2, 0.25) is 0 Å². The maximum absolute atomic E-state index is 13.7. The number of carbonyl (C=O) groups excluding carboxylic acids is 2. The van der Waals surface area contributed by atoms with Crippen molar-refractivity contribution < 1.29 is 18.7 Å². The van der Waals surface area contributed by atoms with E-state index in [4.69, 9.17) is 4.74 Å². The lowest BCUT2D eigenvalue weighted by Crippen LogP contribution is -2.42. The number of nitrogens with zero attached hydrogens (tertiary/aromatic N) is 2. The molecule has 2 aromatic carbocycles. The topological polar surface area (TPSA) is 96.4 Å². The van der Waals surface area contributed by atoms with E-state index >= 15 is 0 Å². The summed E-state index contributed by atoms with van der Waals surface area (Å²) >= 11 is 0. The predicted molar refractivity (Wildman–Crippen MR) is 122 cm³/mol. The number of halogens is 1. The molecule has 8 nitrogen and oxygen atoms in total. The molecule has 4 aromatic rings. The highest BCUT2D eigenvalue weighted by Gasteiger charge is 2.18. The average Bonchev–Trinajstić information content (AvgIpc) is 3.21. The van der Waals surface area contributed by atoms with Gasteiger partial charge in [0.2, 0.25) is 11.5 Å². The van der Waals surface area contributed by atoms with E-state index in [-0.39, 0.29) is 18.0 Å². The maximum Gasteiger partial charge on any atom is 0.256 e. The molecule has 2 aromatic heterocycles. The van der Waals surface area contributed by atoms with E-state index in [2.05, 4.69) is 10.3 Å². The second-order valence-electron chi connectivity index (χ2n) is 7.90. The van der Waals surface area contributed by atoms with E-state index in [0.717, 1.165) is 17.0 Å². The Morgan fingerprint density at radius 3 is 2.70 bits per heavy atom. The van der Waals surface area contributed by atoms with Gasteiger partial charge in [-0.2, -0.15) is 0 Å². The number of hydrogen-bond donors (Lipinski definition) is 2. The summed E-state index contributed by atoms with van der Waals surface area (Å²) < 4.78 is 20.9. The van der Waals surface area contributed by atoms with Crippen molar-refractivity contribution in [2.24, 2.45) is 0 Å². The van der Waals surface area contributed by atoms with Gasteiger partial charge in [0.1, 0.15) is 12.4 Å². The van der Waals surface area contributed by atoms with Crippen LogP contribution in [-0.2, 0) is 16.1 Å². The van der Waals surface area contributed by atoms with Crippen LogP contribution in [0.1, 0.15) is 10.4 Å². The van der Waals surface area contributed by atoms with E-state index < -0.39 is 17.3 Å². The van der Waals surface area contributed by atoms with Crippen molar-refractivity contribution >= 4 is 39.3 Å². The highest BCUT2D eigenvalue weighted by Crippen LogP contribution is 2.23. The molecule has 2 N–H and O–H groups in total. The van der Waals surface area contributed by atoms with Crippen molar-refractivity contribution in [3.63, 3.8) is 0 Å². The molecule has 0 aliphatic carbocycles. The average molecular weight is 448 g/mol. The quantitative estimate of drug-likeness (QED) is 0.502. The first-order chi connectivity index (χ1) is 16.0. The molecule has 1 saturated heterocycles. The Morgan fingerprint density at radius 2 is 1.88 bits per heavy atom. The molecule has 1 aliphatic rings. The fourth-order valence-corrected chi connectivity index (χ4v) is 4.09. The van der Waals surface area contributed by atoms with Crippen molar-refractivity contribution in [2.45, 2.75) is 6.54 Å². The van der Waals surface area contributed by atoms with Gasteiger partial charge >= 0.3 is 0 Å². The minimum atomic E-state index is -0.516. The molecule has 9 heteroatoms. The minimum absolute atomic E-state index is 0.0292. The predicted octanol–water partition coefficient (Wildman–Crippen LogP) is 2.73. The number of rotatable bonds is 4. The number of aromatic nitrogens is 2. The standard InChI is InChI=1S/C24H21FN4O4/c25-16-1-3-20-18(12-16)19(13-22(30)27-20)24(32)26-17-2-4-21-15(11-17)5-6-29(21)14-23(31)28-7-9-33-10-8-28/h1-6,11-13H,7-10,14H2,(H,26,32)(H,27,30). The van der Waals surface area contributed by atoms with Gasteiger partial charge in [-0.15, -0.1) is 0 Å². The maximum atomic E-state index is 13.7. The number of nitrogens with one attached hydrogen (secondary N) is 2. The first-order valence-electron chi connectivity index (χ1n) is 10.6. The second-order valence-corrected chi connectivity index (χ2v) is 7.90. The van der Waals surface area contributed by atoms with Crippen LogP contribution in [0.4, 0.5) is 10.1 Å². The summed E-state index contributed by atoms with van der Waals surface area (Å²) in [4.78, 5) is 41.8. The molecule has 0 spiro atoms. The molecule has 1 fully saturated rings. The smallest absolute Gasteiger partial charge is 0.256 e. The van der Waals surface area contributed by atoms with Crippen LogP contribution in [-0.4, -0.2) is 52.6 Å². The van der Waals surface area contributed by atoms with Crippen molar-refractivity contribution in [1.82, 2.24) is 14.5 Å². The van der Waals surface area contributed by atoms with Crippen LogP contribution in [0.15, 0.2) is 59.5 Å². The molecule has 0 atom stereocenters. The Morgan fingerprint density at radius 1 is 1.06 bits per heavy atom. The molecule has 0 bridgehead atoms. The van der Waals surface area contributed by atoms with Gasteiger partial charge in [0, 0.05) is 52.8 Å². The number of anilines is 1. The van der Waals surface area contributed by atoms with Crippen LogP contribution in [0, 0.1) is 5.82 Å². The molecule has 0 saturated carbocycles. The Hall–Kier alpha value is -3.98. The summed E-state index contributed by atoms with van der Waals surface area (Å²) in [5.74, 6) is -0.988. The first-order valence-corrected chi connectivity index (χ1v) is 10.6.